The van der Waals surface area contributed by atoms with E-state index >= 15 is 0 Å². The van der Waals surface area contributed by atoms with E-state index in [4.69, 9.17) is 9.26 Å². The number of benzene rings is 1. The molecular weight excluding hydrogens is 365 g/mol. The summed E-state index contributed by atoms with van der Waals surface area (Å²) < 4.78 is 48.6. The number of likely N-dealkylation sites (N-methyl/N-ethyl adjacent to an activating group) is 1. The summed E-state index contributed by atoms with van der Waals surface area (Å²) >= 11 is 0. The number of aromatic nitrogens is 1. The molecule has 0 radical (unpaired) electrons. The lowest BCUT2D eigenvalue weighted by atomic mass is 10.1. The van der Waals surface area contributed by atoms with Crippen LogP contribution in [-0.4, -0.2) is 41.7 Å². The summed E-state index contributed by atoms with van der Waals surface area (Å²) in [4.78, 5) is 14.0. The number of hydrazine groups is 1. The maximum atomic E-state index is 12.7. The second-order valence-electron chi connectivity index (χ2n) is 6.28. The first kappa shape index (κ1) is 19.2. The molecule has 1 aliphatic rings. The molecule has 0 aliphatic carbocycles. The van der Waals surface area contributed by atoms with E-state index in [9.17, 15) is 18.0 Å². The number of halogens is 3. The standard InChI is InChI=1S/C17H19F3N4O3/c1-24(9-14-5-6-21-27-14)16(25)15-8-12(22-23-15)10-26-13-4-2-3-11(7-13)17(18,19)20/h2-7,12,15,22-23H,8-10H2,1H3. The largest absolute Gasteiger partial charge is 0.492 e. The van der Waals surface area contributed by atoms with Crippen molar-refractivity contribution in [1.82, 2.24) is 20.9 Å². The fraction of sp³-hybridized carbons (Fsp3) is 0.412. The highest BCUT2D eigenvalue weighted by atomic mass is 19.4. The number of ether oxygens (including phenoxy) is 1. The highest BCUT2D eigenvalue weighted by Crippen LogP contribution is 2.31. The Kier molecular flexibility index (Phi) is 5.66. The molecule has 27 heavy (non-hydrogen) atoms. The van der Waals surface area contributed by atoms with Crippen molar-refractivity contribution in [3.8, 4) is 5.75 Å². The Hall–Kier alpha value is -2.59. The first-order valence-electron chi connectivity index (χ1n) is 8.28. The molecule has 1 aromatic carbocycles. The lowest BCUT2D eigenvalue weighted by Gasteiger charge is -2.19. The van der Waals surface area contributed by atoms with Crippen molar-refractivity contribution in [1.29, 1.82) is 0 Å². The molecule has 1 aliphatic heterocycles. The quantitative estimate of drug-likeness (QED) is 0.793. The van der Waals surface area contributed by atoms with Gasteiger partial charge < -0.3 is 14.2 Å². The van der Waals surface area contributed by atoms with Gasteiger partial charge in [0, 0.05) is 13.1 Å². The molecule has 1 fully saturated rings. The van der Waals surface area contributed by atoms with E-state index in [0.717, 1.165) is 12.1 Å². The van der Waals surface area contributed by atoms with Crippen molar-refractivity contribution in [2.75, 3.05) is 13.7 Å². The zero-order valence-electron chi connectivity index (χ0n) is 14.5. The summed E-state index contributed by atoms with van der Waals surface area (Å²) in [6.07, 6.45) is -2.47. The van der Waals surface area contributed by atoms with Gasteiger partial charge in [0.05, 0.1) is 24.3 Å². The molecule has 1 aromatic heterocycles. The number of rotatable bonds is 6. The van der Waals surface area contributed by atoms with Crippen molar-refractivity contribution in [3.63, 3.8) is 0 Å². The Balaban J connectivity index is 1.49. The van der Waals surface area contributed by atoms with Gasteiger partial charge in [0.1, 0.15) is 18.4 Å². The summed E-state index contributed by atoms with van der Waals surface area (Å²) in [5.41, 5.74) is 5.06. The van der Waals surface area contributed by atoms with Gasteiger partial charge in [0.25, 0.3) is 0 Å². The highest BCUT2D eigenvalue weighted by Gasteiger charge is 2.33. The Labute approximate surface area is 153 Å². The van der Waals surface area contributed by atoms with Crippen LogP contribution in [0.4, 0.5) is 13.2 Å². The van der Waals surface area contributed by atoms with Crippen LogP contribution in [0.3, 0.4) is 0 Å². The molecule has 146 valence electrons. The molecule has 1 saturated heterocycles. The molecule has 2 unspecified atom stereocenters. The summed E-state index contributed by atoms with van der Waals surface area (Å²) in [6.45, 7) is 0.423. The number of alkyl halides is 3. The molecule has 7 nitrogen and oxygen atoms in total. The molecule has 0 spiro atoms. The van der Waals surface area contributed by atoms with Crippen LogP contribution in [0.1, 0.15) is 17.7 Å². The minimum atomic E-state index is -4.42. The monoisotopic (exact) mass is 384 g/mol. The number of amides is 1. The maximum Gasteiger partial charge on any atom is 0.416 e. The van der Waals surface area contributed by atoms with E-state index in [2.05, 4.69) is 16.0 Å². The van der Waals surface area contributed by atoms with Crippen molar-refractivity contribution in [2.45, 2.75) is 31.2 Å². The van der Waals surface area contributed by atoms with Gasteiger partial charge in [0.2, 0.25) is 5.91 Å². The van der Waals surface area contributed by atoms with Crippen LogP contribution in [0, 0.1) is 0 Å². The van der Waals surface area contributed by atoms with E-state index < -0.39 is 17.8 Å². The maximum absolute atomic E-state index is 12.7. The van der Waals surface area contributed by atoms with Crippen molar-refractivity contribution >= 4 is 5.91 Å². The third-order valence-corrected chi connectivity index (χ3v) is 4.15. The third-order valence-electron chi connectivity index (χ3n) is 4.15. The number of nitrogens with one attached hydrogen (secondary N) is 2. The van der Waals surface area contributed by atoms with Crippen molar-refractivity contribution in [3.05, 3.63) is 47.9 Å². The molecular formula is C17H19F3N4O3. The molecule has 2 N–H and O–H groups in total. The fourth-order valence-electron chi connectivity index (χ4n) is 2.75. The second-order valence-corrected chi connectivity index (χ2v) is 6.28. The van der Waals surface area contributed by atoms with E-state index in [0.29, 0.717) is 18.7 Å². The Bertz CT molecular complexity index is 767. The first-order valence-corrected chi connectivity index (χ1v) is 8.28. The summed E-state index contributed by atoms with van der Waals surface area (Å²) in [6, 6.07) is 5.70. The van der Waals surface area contributed by atoms with Gasteiger partial charge in [-0.2, -0.15) is 13.2 Å². The molecule has 10 heteroatoms. The first-order chi connectivity index (χ1) is 12.8. The minimum absolute atomic E-state index is 0.129. The Morgan fingerprint density at radius 1 is 1.37 bits per heavy atom. The van der Waals surface area contributed by atoms with E-state index in [1.807, 2.05) is 0 Å². The summed E-state index contributed by atoms with van der Waals surface area (Å²) in [5, 5.41) is 3.59. The topological polar surface area (TPSA) is 79.6 Å². The van der Waals surface area contributed by atoms with Crippen molar-refractivity contribution < 1.29 is 27.2 Å². The Morgan fingerprint density at radius 2 is 2.19 bits per heavy atom. The number of carbonyl (C=O) groups is 1. The summed E-state index contributed by atoms with van der Waals surface area (Å²) in [5.74, 6) is 0.561. The van der Waals surface area contributed by atoms with Gasteiger partial charge in [-0.25, -0.2) is 5.43 Å². The van der Waals surface area contributed by atoms with Crippen LogP contribution in [0.15, 0.2) is 41.1 Å². The normalized spacial score (nSPS) is 19.9. The second kappa shape index (κ2) is 7.97. The van der Waals surface area contributed by atoms with Crippen LogP contribution in [-0.2, 0) is 17.5 Å². The smallest absolute Gasteiger partial charge is 0.416 e. The molecule has 2 atom stereocenters. The van der Waals surface area contributed by atoms with E-state index in [1.54, 1.807) is 13.1 Å². The fourth-order valence-corrected chi connectivity index (χ4v) is 2.75. The Morgan fingerprint density at radius 3 is 2.89 bits per heavy atom. The van der Waals surface area contributed by atoms with Crippen LogP contribution in [0.2, 0.25) is 0 Å². The molecule has 0 saturated carbocycles. The molecule has 2 heterocycles. The molecule has 0 bridgehead atoms. The average Bonchev–Trinajstić information content (AvgIpc) is 3.30. The number of hydrogen-bond acceptors (Lipinski definition) is 6. The third kappa shape index (κ3) is 4.98. The van der Waals surface area contributed by atoms with Crippen LogP contribution < -0.4 is 15.6 Å². The lowest BCUT2D eigenvalue weighted by molar-refractivity contribution is -0.137. The van der Waals surface area contributed by atoms with Gasteiger partial charge >= 0.3 is 6.18 Å². The van der Waals surface area contributed by atoms with Gasteiger partial charge in [-0.1, -0.05) is 11.2 Å². The van der Waals surface area contributed by atoms with E-state index in [-0.39, 0.29) is 24.3 Å². The van der Waals surface area contributed by atoms with Gasteiger partial charge in [0.15, 0.2) is 5.76 Å². The van der Waals surface area contributed by atoms with E-state index in [1.165, 1.54) is 23.2 Å². The van der Waals surface area contributed by atoms with Crippen LogP contribution in [0.25, 0.3) is 0 Å². The predicted octanol–water partition coefficient (Wildman–Crippen LogP) is 1.97. The average molecular weight is 384 g/mol. The SMILES string of the molecule is CN(Cc1ccno1)C(=O)C1CC(COc2cccc(C(F)(F)F)c2)NN1. The zero-order valence-corrected chi connectivity index (χ0v) is 14.5. The van der Waals surface area contributed by atoms with Crippen LogP contribution >= 0.6 is 0 Å². The van der Waals surface area contributed by atoms with Gasteiger partial charge in [-0.05, 0) is 24.6 Å². The lowest BCUT2D eigenvalue weighted by Crippen LogP contribution is -2.44. The number of hydrogen-bond donors (Lipinski definition) is 2. The number of carbonyl (C=O) groups excluding carboxylic acids is 1. The molecule has 2 aromatic rings. The minimum Gasteiger partial charge on any atom is -0.492 e. The molecule has 1 amide bonds. The van der Waals surface area contributed by atoms with Gasteiger partial charge in [-0.3, -0.25) is 10.2 Å². The zero-order chi connectivity index (χ0) is 19.4. The van der Waals surface area contributed by atoms with Crippen molar-refractivity contribution in [2.24, 2.45) is 0 Å². The predicted molar refractivity (Wildman–Crippen MR) is 88.4 cm³/mol. The number of nitrogens with zero attached hydrogens (tertiary/aromatic N) is 2. The highest BCUT2D eigenvalue weighted by molar-refractivity contribution is 5.81. The molecule has 3 rings (SSSR count). The summed E-state index contributed by atoms with van der Waals surface area (Å²) in [7, 11) is 1.65. The van der Waals surface area contributed by atoms with Crippen LogP contribution in [0.5, 0.6) is 5.75 Å². The van der Waals surface area contributed by atoms with Gasteiger partial charge in [-0.15, -0.1) is 0 Å².